The van der Waals surface area contributed by atoms with Gasteiger partial charge in [-0.05, 0) is 37.5 Å². The molecule has 3 N–H and O–H groups in total. The van der Waals surface area contributed by atoms with E-state index in [0.717, 1.165) is 29.1 Å². The molecule has 0 bridgehead atoms. The number of fused-ring (bicyclic) bond motifs is 1. The molecule has 1 aliphatic heterocycles. The molecule has 2 unspecified atom stereocenters. The van der Waals surface area contributed by atoms with E-state index in [4.69, 9.17) is 5.73 Å². The van der Waals surface area contributed by atoms with E-state index in [1.165, 1.54) is 0 Å². The van der Waals surface area contributed by atoms with Crippen molar-refractivity contribution in [3.63, 3.8) is 0 Å². The van der Waals surface area contributed by atoms with Crippen LogP contribution in [0.4, 0.5) is 11.4 Å². The number of carbonyl (C=O) groups excluding carboxylic acids is 1. The number of hydrogen-bond acceptors (Lipinski definition) is 4. The molecule has 1 aromatic rings. The molecule has 0 spiro atoms. The van der Waals surface area contributed by atoms with Crippen LogP contribution >= 0.6 is 11.8 Å². The quantitative estimate of drug-likeness (QED) is 0.867. The van der Waals surface area contributed by atoms with Gasteiger partial charge < -0.3 is 16.0 Å². The Balaban J connectivity index is 2.15. The monoisotopic (exact) mass is 279 g/mol. The Kier molecular flexibility index (Phi) is 4.37. The zero-order chi connectivity index (χ0) is 14.0. The van der Waals surface area contributed by atoms with Crippen molar-refractivity contribution in [3.05, 3.63) is 23.8 Å². The number of carbonyl (C=O) groups is 1. The minimum Gasteiger partial charge on any atom is -0.372 e. The van der Waals surface area contributed by atoms with Crippen molar-refractivity contribution in [2.75, 3.05) is 29.3 Å². The maximum Gasteiger partial charge on any atom is 0.245 e. The first-order chi connectivity index (χ1) is 9.04. The highest BCUT2D eigenvalue weighted by atomic mass is 32.2. The van der Waals surface area contributed by atoms with Crippen molar-refractivity contribution in [1.29, 1.82) is 0 Å². The first-order valence-corrected chi connectivity index (χ1v) is 7.86. The maximum absolute atomic E-state index is 11.5. The van der Waals surface area contributed by atoms with E-state index in [1.807, 2.05) is 30.0 Å². The summed E-state index contributed by atoms with van der Waals surface area (Å²) < 4.78 is 0. The molecule has 2 rings (SSSR count). The third-order valence-corrected chi connectivity index (χ3v) is 4.36. The second kappa shape index (κ2) is 5.84. The minimum absolute atomic E-state index is 0.120. The fourth-order valence-electron chi connectivity index (χ4n) is 2.23. The molecule has 0 aliphatic carbocycles. The molecule has 0 radical (unpaired) electrons. The van der Waals surface area contributed by atoms with Crippen molar-refractivity contribution in [1.82, 2.24) is 0 Å². The summed E-state index contributed by atoms with van der Waals surface area (Å²) in [5.41, 5.74) is 8.66. The van der Waals surface area contributed by atoms with Gasteiger partial charge in [-0.3, -0.25) is 4.79 Å². The molecule has 1 heterocycles. The highest BCUT2D eigenvalue weighted by Crippen LogP contribution is 2.33. The number of rotatable bonds is 5. The second-order valence-electron chi connectivity index (χ2n) is 4.98. The Hall–Kier alpha value is -1.20. The van der Waals surface area contributed by atoms with Crippen LogP contribution in [0.5, 0.6) is 0 Å². The first-order valence-electron chi connectivity index (χ1n) is 6.46. The van der Waals surface area contributed by atoms with E-state index in [2.05, 4.69) is 30.4 Å². The fourth-order valence-corrected chi connectivity index (χ4v) is 2.81. The number of amides is 1. The summed E-state index contributed by atoms with van der Waals surface area (Å²) in [7, 11) is 2.09. The van der Waals surface area contributed by atoms with Crippen molar-refractivity contribution in [2.24, 2.45) is 5.73 Å². The fraction of sp³-hybridized carbons (Fsp3) is 0.500. The molecule has 104 valence electrons. The predicted octanol–water partition coefficient (Wildman–Crippen LogP) is 2.22. The van der Waals surface area contributed by atoms with Gasteiger partial charge in [-0.2, -0.15) is 11.8 Å². The maximum atomic E-state index is 11.5. The second-order valence-corrected chi connectivity index (χ2v) is 5.97. The largest absolute Gasteiger partial charge is 0.372 e. The third-order valence-electron chi connectivity index (χ3n) is 3.72. The van der Waals surface area contributed by atoms with Crippen LogP contribution in [0.3, 0.4) is 0 Å². The molecule has 2 atom stereocenters. The molecular weight excluding hydrogens is 258 g/mol. The molecule has 0 aromatic heterocycles. The van der Waals surface area contributed by atoms with Crippen LogP contribution in [0.25, 0.3) is 0 Å². The van der Waals surface area contributed by atoms with E-state index in [9.17, 15) is 4.79 Å². The molecule has 0 saturated heterocycles. The number of benzene rings is 1. The number of nitrogens with two attached hydrogens (primary N) is 1. The number of anilines is 2. The van der Waals surface area contributed by atoms with Gasteiger partial charge in [0.15, 0.2) is 0 Å². The van der Waals surface area contributed by atoms with Gasteiger partial charge in [0.25, 0.3) is 0 Å². The lowest BCUT2D eigenvalue weighted by molar-refractivity contribution is -0.116. The summed E-state index contributed by atoms with van der Waals surface area (Å²) in [6.45, 7) is 2.22. The Morgan fingerprint density at radius 2 is 2.26 bits per heavy atom. The van der Waals surface area contributed by atoms with Crippen molar-refractivity contribution < 1.29 is 4.79 Å². The van der Waals surface area contributed by atoms with E-state index >= 15 is 0 Å². The number of nitrogens with zero attached hydrogens (tertiary/aromatic N) is 1. The van der Waals surface area contributed by atoms with Gasteiger partial charge in [-0.25, -0.2) is 0 Å². The predicted molar refractivity (Wildman–Crippen MR) is 82.9 cm³/mol. The number of hydrogen-bond donors (Lipinski definition) is 2. The van der Waals surface area contributed by atoms with Crippen LogP contribution in [0.15, 0.2) is 18.2 Å². The van der Waals surface area contributed by atoms with Crippen LogP contribution in [-0.4, -0.2) is 31.0 Å². The van der Waals surface area contributed by atoms with Gasteiger partial charge in [0.2, 0.25) is 5.91 Å². The Morgan fingerprint density at radius 1 is 1.53 bits per heavy atom. The van der Waals surface area contributed by atoms with Gasteiger partial charge in [-0.15, -0.1) is 0 Å². The van der Waals surface area contributed by atoms with E-state index < -0.39 is 6.04 Å². The van der Waals surface area contributed by atoms with Gasteiger partial charge in [-0.1, -0.05) is 6.07 Å². The Morgan fingerprint density at radius 3 is 2.95 bits per heavy atom. The zero-order valence-corrected chi connectivity index (χ0v) is 12.5. The van der Waals surface area contributed by atoms with E-state index in [-0.39, 0.29) is 5.91 Å². The lowest BCUT2D eigenvalue weighted by atomic mass is 10.1. The molecule has 0 fully saturated rings. The number of nitrogens with one attached hydrogen (secondary N) is 1. The first kappa shape index (κ1) is 14.2. The minimum atomic E-state index is -0.525. The molecule has 5 heteroatoms. The average Bonchev–Trinajstić information content (AvgIpc) is 2.70. The van der Waals surface area contributed by atoms with Crippen LogP contribution in [0, 0.1) is 0 Å². The van der Waals surface area contributed by atoms with Crippen molar-refractivity contribution in [3.8, 4) is 0 Å². The van der Waals surface area contributed by atoms with Crippen molar-refractivity contribution in [2.45, 2.75) is 25.4 Å². The molecule has 1 aromatic carbocycles. The van der Waals surface area contributed by atoms with Gasteiger partial charge >= 0.3 is 0 Å². The summed E-state index contributed by atoms with van der Waals surface area (Å²) >= 11 is 1.86. The molecule has 1 aliphatic rings. The van der Waals surface area contributed by atoms with Crippen molar-refractivity contribution >= 4 is 29.0 Å². The zero-order valence-electron chi connectivity index (χ0n) is 11.6. The van der Waals surface area contributed by atoms with Gasteiger partial charge in [0.1, 0.15) is 6.04 Å². The summed E-state index contributed by atoms with van der Waals surface area (Å²) in [5.74, 6) is 1.03. The normalized spacial score (nSPS) is 18.9. The summed E-state index contributed by atoms with van der Waals surface area (Å²) in [5, 5.41) is 2.83. The standard InChI is InChI=1S/C14H21N3OS/c1-9(6-7-19-3)17(2)10-4-5-11-12(8-10)16-14(18)13(11)15/h4-5,8-9,13H,6-7,15H2,1-3H3,(H,16,18). The highest BCUT2D eigenvalue weighted by Gasteiger charge is 2.27. The van der Waals surface area contributed by atoms with Crippen LogP contribution in [0.2, 0.25) is 0 Å². The molecule has 19 heavy (non-hydrogen) atoms. The Labute approximate surface area is 118 Å². The SMILES string of the molecule is CSCCC(C)N(C)c1ccc2c(c1)NC(=O)C2N. The van der Waals surface area contributed by atoms with Crippen LogP contribution in [-0.2, 0) is 4.79 Å². The lowest BCUT2D eigenvalue weighted by Gasteiger charge is -2.27. The van der Waals surface area contributed by atoms with E-state index in [1.54, 1.807) is 0 Å². The number of thioether (sulfide) groups is 1. The van der Waals surface area contributed by atoms with Gasteiger partial charge in [0.05, 0.1) is 0 Å². The lowest BCUT2D eigenvalue weighted by Crippen LogP contribution is -2.29. The molecule has 4 nitrogen and oxygen atoms in total. The smallest absolute Gasteiger partial charge is 0.245 e. The molecular formula is C14H21N3OS. The summed E-state index contributed by atoms with van der Waals surface area (Å²) in [6, 6.07) is 5.94. The highest BCUT2D eigenvalue weighted by molar-refractivity contribution is 7.98. The molecule has 1 amide bonds. The average molecular weight is 279 g/mol. The topological polar surface area (TPSA) is 58.4 Å². The summed E-state index contributed by atoms with van der Waals surface area (Å²) in [6.07, 6.45) is 3.26. The Bertz CT molecular complexity index is 478. The summed E-state index contributed by atoms with van der Waals surface area (Å²) in [4.78, 5) is 13.8. The van der Waals surface area contributed by atoms with Crippen LogP contribution in [0.1, 0.15) is 24.9 Å². The van der Waals surface area contributed by atoms with Crippen LogP contribution < -0.4 is 16.0 Å². The molecule has 0 saturated carbocycles. The third kappa shape index (κ3) is 2.87. The van der Waals surface area contributed by atoms with Gasteiger partial charge in [0, 0.05) is 30.0 Å². The van der Waals surface area contributed by atoms with E-state index in [0.29, 0.717) is 6.04 Å².